The SMILES string of the molecule is CNCc1nnn(C)c1C1CCCC1. The summed E-state index contributed by atoms with van der Waals surface area (Å²) >= 11 is 0. The van der Waals surface area contributed by atoms with Crippen molar-refractivity contribution in [2.24, 2.45) is 7.05 Å². The van der Waals surface area contributed by atoms with E-state index in [4.69, 9.17) is 0 Å². The van der Waals surface area contributed by atoms with E-state index in [9.17, 15) is 0 Å². The average Bonchev–Trinajstić information content (AvgIpc) is 2.76. The molecule has 1 heterocycles. The van der Waals surface area contributed by atoms with Crippen molar-refractivity contribution < 1.29 is 0 Å². The second-order valence-electron chi connectivity index (χ2n) is 4.06. The zero-order valence-electron chi connectivity index (χ0n) is 8.95. The van der Waals surface area contributed by atoms with Gasteiger partial charge in [0, 0.05) is 19.5 Å². The van der Waals surface area contributed by atoms with Crippen LogP contribution >= 0.6 is 0 Å². The first-order valence-electron chi connectivity index (χ1n) is 5.36. The maximum Gasteiger partial charge on any atom is 0.0999 e. The van der Waals surface area contributed by atoms with Crippen molar-refractivity contribution in [2.75, 3.05) is 7.05 Å². The first kappa shape index (κ1) is 9.65. The number of nitrogens with one attached hydrogen (secondary N) is 1. The first-order valence-corrected chi connectivity index (χ1v) is 5.36. The van der Waals surface area contributed by atoms with Crippen molar-refractivity contribution in [3.05, 3.63) is 11.4 Å². The maximum absolute atomic E-state index is 4.20. The number of hydrogen-bond acceptors (Lipinski definition) is 3. The van der Waals surface area contributed by atoms with Gasteiger partial charge in [-0.2, -0.15) is 0 Å². The number of aryl methyl sites for hydroxylation is 1. The zero-order chi connectivity index (χ0) is 9.97. The Balaban J connectivity index is 2.24. The van der Waals surface area contributed by atoms with Crippen LogP contribution in [0.25, 0.3) is 0 Å². The van der Waals surface area contributed by atoms with E-state index in [1.54, 1.807) is 0 Å². The molecule has 0 aromatic carbocycles. The van der Waals surface area contributed by atoms with Crippen LogP contribution in [0.1, 0.15) is 43.0 Å². The molecule has 0 aliphatic heterocycles. The van der Waals surface area contributed by atoms with Crippen LogP contribution in [0.3, 0.4) is 0 Å². The lowest BCUT2D eigenvalue weighted by Gasteiger charge is -2.10. The van der Waals surface area contributed by atoms with Crippen LogP contribution in [0.2, 0.25) is 0 Å². The van der Waals surface area contributed by atoms with Gasteiger partial charge in [-0.25, -0.2) is 0 Å². The largest absolute Gasteiger partial charge is 0.314 e. The van der Waals surface area contributed by atoms with Gasteiger partial charge >= 0.3 is 0 Å². The molecule has 1 aliphatic carbocycles. The van der Waals surface area contributed by atoms with Crippen molar-refractivity contribution in [3.8, 4) is 0 Å². The molecule has 1 aliphatic rings. The second-order valence-corrected chi connectivity index (χ2v) is 4.06. The molecule has 0 atom stereocenters. The van der Waals surface area contributed by atoms with E-state index in [-0.39, 0.29) is 0 Å². The maximum atomic E-state index is 4.20. The summed E-state index contributed by atoms with van der Waals surface area (Å²) in [7, 11) is 3.95. The summed E-state index contributed by atoms with van der Waals surface area (Å²) in [6.45, 7) is 0.833. The molecule has 0 bridgehead atoms. The highest BCUT2D eigenvalue weighted by molar-refractivity contribution is 5.16. The summed E-state index contributed by atoms with van der Waals surface area (Å²) in [5.41, 5.74) is 2.47. The summed E-state index contributed by atoms with van der Waals surface area (Å²) in [4.78, 5) is 0. The first-order chi connectivity index (χ1) is 6.83. The van der Waals surface area contributed by atoms with Gasteiger partial charge in [0.1, 0.15) is 0 Å². The Morgan fingerprint density at radius 1 is 1.43 bits per heavy atom. The smallest absolute Gasteiger partial charge is 0.0999 e. The van der Waals surface area contributed by atoms with Crippen molar-refractivity contribution >= 4 is 0 Å². The fourth-order valence-electron chi connectivity index (χ4n) is 2.40. The van der Waals surface area contributed by atoms with Crippen molar-refractivity contribution in [1.29, 1.82) is 0 Å². The summed E-state index contributed by atoms with van der Waals surface area (Å²) in [5, 5.41) is 11.5. The van der Waals surface area contributed by atoms with Crippen molar-refractivity contribution in [1.82, 2.24) is 20.3 Å². The van der Waals surface area contributed by atoms with E-state index in [1.807, 2.05) is 18.8 Å². The highest BCUT2D eigenvalue weighted by Crippen LogP contribution is 2.34. The molecule has 2 rings (SSSR count). The lowest BCUT2D eigenvalue weighted by atomic mass is 10.0. The van der Waals surface area contributed by atoms with Crippen LogP contribution in [0.5, 0.6) is 0 Å². The molecule has 1 N–H and O–H groups in total. The van der Waals surface area contributed by atoms with Gasteiger partial charge in [0.25, 0.3) is 0 Å². The van der Waals surface area contributed by atoms with Gasteiger partial charge in [-0.3, -0.25) is 4.68 Å². The van der Waals surface area contributed by atoms with Gasteiger partial charge in [-0.05, 0) is 19.9 Å². The van der Waals surface area contributed by atoms with E-state index in [0.717, 1.165) is 12.2 Å². The zero-order valence-corrected chi connectivity index (χ0v) is 8.95. The van der Waals surface area contributed by atoms with Crippen molar-refractivity contribution in [3.63, 3.8) is 0 Å². The monoisotopic (exact) mass is 194 g/mol. The molecule has 14 heavy (non-hydrogen) atoms. The van der Waals surface area contributed by atoms with Gasteiger partial charge in [-0.15, -0.1) is 5.10 Å². The fourth-order valence-corrected chi connectivity index (χ4v) is 2.40. The Kier molecular flexibility index (Phi) is 2.82. The number of rotatable bonds is 3. The average molecular weight is 194 g/mol. The third-order valence-electron chi connectivity index (χ3n) is 3.03. The van der Waals surface area contributed by atoms with Crippen LogP contribution in [0.4, 0.5) is 0 Å². The Bertz CT molecular complexity index is 299. The Labute approximate surface area is 84.7 Å². The standard InChI is InChI=1S/C10H18N4/c1-11-7-9-10(14(2)13-12-9)8-5-3-4-6-8/h8,11H,3-7H2,1-2H3. The second kappa shape index (κ2) is 4.09. The fraction of sp³-hybridized carbons (Fsp3) is 0.800. The number of nitrogens with zero attached hydrogens (tertiary/aromatic N) is 3. The third kappa shape index (κ3) is 1.66. The molecule has 78 valence electrons. The lowest BCUT2D eigenvalue weighted by molar-refractivity contribution is 0.603. The highest BCUT2D eigenvalue weighted by atomic mass is 15.4. The Morgan fingerprint density at radius 2 is 2.14 bits per heavy atom. The highest BCUT2D eigenvalue weighted by Gasteiger charge is 2.23. The van der Waals surface area contributed by atoms with Gasteiger partial charge in [0.15, 0.2) is 0 Å². The summed E-state index contributed by atoms with van der Waals surface area (Å²) in [6.07, 6.45) is 5.32. The van der Waals surface area contributed by atoms with Crippen LogP contribution in [0.15, 0.2) is 0 Å². The quantitative estimate of drug-likeness (QED) is 0.786. The number of aromatic nitrogens is 3. The minimum atomic E-state index is 0.693. The normalized spacial score (nSPS) is 17.9. The molecule has 4 nitrogen and oxygen atoms in total. The summed E-state index contributed by atoms with van der Waals surface area (Å²) < 4.78 is 1.95. The van der Waals surface area contributed by atoms with Crippen LogP contribution in [-0.2, 0) is 13.6 Å². The van der Waals surface area contributed by atoms with Crippen LogP contribution in [0, 0.1) is 0 Å². The van der Waals surface area contributed by atoms with E-state index in [1.165, 1.54) is 31.4 Å². The molecule has 1 aromatic heterocycles. The molecular formula is C10H18N4. The van der Waals surface area contributed by atoms with Crippen LogP contribution in [-0.4, -0.2) is 22.0 Å². The minimum Gasteiger partial charge on any atom is -0.314 e. The van der Waals surface area contributed by atoms with Gasteiger partial charge < -0.3 is 5.32 Å². The molecule has 0 radical (unpaired) electrons. The van der Waals surface area contributed by atoms with E-state index in [0.29, 0.717) is 5.92 Å². The molecular weight excluding hydrogens is 176 g/mol. The molecule has 0 unspecified atom stereocenters. The molecule has 1 saturated carbocycles. The summed E-state index contributed by atoms with van der Waals surface area (Å²) in [5.74, 6) is 0.693. The minimum absolute atomic E-state index is 0.693. The molecule has 0 saturated heterocycles. The summed E-state index contributed by atoms with van der Waals surface area (Å²) in [6, 6.07) is 0. The van der Waals surface area contributed by atoms with Gasteiger partial charge in [0.05, 0.1) is 11.4 Å². The molecule has 1 aromatic rings. The van der Waals surface area contributed by atoms with Gasteiger partial charge in [-0.1, -0.05) is 18.1 Å². The molecule has 0 amide bonds. The predicted octanol–water partition coefficient (Wildman–Crippen LogP) is 1.19. The lowest BCUT2D eigenvalue weighted by Crippen LogP contribution is -2.11. The van der Waals surface area contributed by atoms with E-state index >= 15 is 0 Å². The van der Waals surface area contributed by atoms with E-state index < -0.39 is 0 Å². The third-order valence-corrected chi connectivity index (χ3v) is 3.03. The predicted molar refractivity (Wildman–Crippen MR) is 55.0 cm³/mol. The van der Waals surface area contributed by atoms with E-state index in [2.05, 4.69) is 15.6 Å². The molecule has 1 fully saturated rings. The molecule has 0 spiro atoms. The topological polar surface area (TPSA) is 42.7 Å². The molecule has 4 heteroatoms. The Hall–Kier alpha value is -0.900. The number of hydrogen-bond donors (Lipinski definition) is 1. The van der Waals surface area contributed by atoms with Crippen LogP contribution < -0.4 is 5.32 Å². The Morgan fingerprint density at radius 3 is 2.79 bits per heavy atom. The van der Waals surface area contributed by atoms with Crippen molar-refractivity contribution in [2.45, 2.75) is 38.1 Å². The van der Waals surface area contributed by atoms with Gasteiger partial charge in [0.2, 0.25) is 0 Å².